The Kier molecular flexibility index (Phi) is 3.33. The molecule has 1 heteroatoms. The van der Waals surface area contributed by atoms with Crippen LogP contribution in [-0.4, -0.2) is 10.7 Å². The molecule has 1 aromatic rings. The average Bonchev–Trinajstić information content (AvgIpc) is 2.02. The molecule has 0 unspecified atom stereocenters. The predicted octanol–water partition coefficient (Wildman–Crippen LogP) is 3.26. The van der Waals surface area contributed by atoms with E-state index in [-0.39, 0.29) is 0 Å². The Morgan fingerprint density at radius 1 is 1.21 bits per heavy atom. The zero-order valence-electron chi connectivity index (χ0n) is 9.54. The van der Waals surface area contributed by atoms with Crippen LogP contribution in [0.4, 0.5) is 0 Å². The monoisotopic (exact) mass is 192 g/mol. The molecule has 1 nitrogen and oxygen atoms in total. The quantitative estimate of drug-likeness (QED) is 0.779. The van der Waals surface area contributed by atoms with E-state index in [1.807, 2.05) is 13.8 Å². The Morgan fingerprint density at radius 2 is 1.71 bits per heavy atom. The SMILES string of the molecule is Cc1ccc([C@@H](C)CC(C)(C)O)cc1. The summed E-state index contributed by atoms with van der Waals surface area (Å²) in [6.45, 7) is 7.96. The van der Waals surface area contributed by atoms with Crippen molar-refractivity contribution in [1.29, 1.82) is 0 Å². The average molecular weight is 192 g/mol. The van der Waals surface area contributed by atoms with E-state index in [0.29, 0.717) is 5.92 Å². The van der Waals surface area contributed by atoms with Crippen LogP contribution in [-0.2, 0) is 0 Å². The van der Waals surface area contributed by atoms with Gasteiger partial charge in [-0.3, -0.25) is 0 Å². The normalized spacial score (nSPS) is 14.1. The van der Waals surface area contributed by atoms with Crippen molar-refractivity contribution in [2.45, 2.75) is 45.6 Å². The molecule has 1 N–H and O–H groups in total. The van der Waals surface area contributed by atoms with E-state index in [0.717, 1.165) is 6.42 Å². The zero-order valence-corrected chi connectivity index (χ0v) is 9.54. The van der Waals surface area contributed by atoms with E-state index in [2.05, 4.69) is 38.1 Å². The van der Waals surface area contributed by atoms with Gasteiger partial charge < -0.3 is 5.11 Å². The molecule has 78 valence electrons. The first kappa shape index (κ1) is 11.3. The van der Waals surface area contributed by atoms with Gasteiger partial charge in [0.1, 0.15) is 0 Å². The van der Waals surface area contributed by atoms with Crippen molar-refractivity contribution in [2.75, 3.05) is 0 Å². The lowest BCUT2D eigenvalue weighted by Gasteiger charge is -2.22. The lowest BCUT2D eigenvalue weighted by atomic mass is 9.89. The molecule has 0 amide bonds. The standard InChI is InChI=1S/C13H20O/c1-10-5-7-12(8-6-10)11(2)9-13(3,4)14/h5-8,11,14H,9H2,1-4H3/t11-/m0/s1. The second-order valence-electron chi connectivity index (χ2n) is 4.83. The summed E-state index contributed by atoms with van der Waals surface area (Å²) in [5.41, 5.74) is 2.01. The van der Waals surface area contributed by atoms with Crippen LogP contribution < -0.4 is 0 Å². The van der Waals surface area contributed by atoms with Crippen molar-refractivity contribution in [2.24, 2.45) is 0 Å². The van der Waals surface area contributed by atoms with Gasteiger partial charge in [-0.05, 0) is 38.7 Å². The van der Waals surface area contributed by atoms with Gasteiger partial charge in [0.2, 0.25) is 0 Å². The Bertz CT molecular complexity index is 279. The predicted molar refractivity (Wildman–Crippen MR) is 60.5 cm³/mol. The largest absolute Gasteiger partial charge is 0.390 e. The molecular formula is C13H20O. The third-order valence-electron chi connectivity index (χ3n) is 2.45. The van der Waals surface area contributed by atoms with Gasteiger partial charge in [-0.1, -0.05) is 36.8 Å². The molecule has 1 rings (SSSR count). The summed E-state index contributed by atoms with van der Waals surface area (Å²) in [6.07, 6.45) is 0.802. The molecule has 0 heterocycles. The van der Waals surface area contributed by atoms with Crippen molar-refractivity contribution >= 4 is 0 Å². The number of benzene rings is 1. The van der Waals surface area contributed by atoms with Gasteiger partial charge in [0.15, 0.2) is 0 Å². The molecule has 0 aromatic heterocycles. The van der Waals surface area contributed by atoms with E-state index in [4.69, 9.17) is 0 Å². The fraction of sp³-hybridized carbons (Fsp3) is 0.538. The van der Waals surface area contributed by atoms with Crippen LogP contribution in [0.1, 0.15) is 44.2 Å². The van der Waals surface area contributed by atoms with Crippen LogP contribution in [0, 0.1) is 6.92 Å². The molecule has 0 radical (unpaired) electrons. The van der Waals surface area contributed by atoms with Crippen molar-refractivity contribution in [1.82, 2.24) is 0 Å². The smallest absolute Gasteiger partial charge is 0.0597 e. The molecule has 1 atom stereocenters. The number of hydrogen-bond acceptors (Lipinski definition) is 1. The highest BCUT2D eigenvalue weighted by Crippen LogP contribution is 2.25. The minimum absolute atomic E-state index is 0.413. The summed E-state index contributed by atoms with van der Waals surface area (Å²) in [5, 5.41) is 9.70. The van der Waals surface area contributed by atoms with Crippen LogP contribution in [0.5, 0.6) is 0 Å². The number of hydrogen-bond donors (Lipinski definition) is 1. The fourth-order valence-electron chi connectivity index (χ4n) is 1.76. The highest BCUT2D eigenvalue weighted by atomic mass is 16.3. The number of aryl methyl sites for hydroxylation is 1. The van der Waals surface area contributed by atoms with Crippen molar-refractivity contribution < 1.29 is 5.11 Å². The van der Waals surface area contributed by atoms with Crippen LogP contribution in [0.25, 0.3) is 0 Å². The van der Waals surface area contributed by atoms with Crippen LogP contribution in [0.2, 0.25) is 0 Å². The van der Waals surface area contributed by atoms with Gasteiger partial charge in [0.25, 0.3) is 0 Å². The highest BCUT2D eigenvalue weighted by molar-refractivity contribution is 5.24. The van der Waals surface area contributed by atoms with Gasteiger partial charge in [-0.2, -0.15) is 0 Å². The second-order valence-corrected chi connectivity index (χ2v) is 4.83. The first-order chi connectivity index (χ1) is 6.38. The lowest BCUT2D eigenvalue weighted by molar-refractivity contribution is 0.0647. The van der Waals surface area contributed by atoms with Crippen molar-refractivity contribution in [3.05, 3.63) is 35.4 Å². The van der Waals surface area contributed by atoms with E-state index < -0.39 is 5.60 Å². The number of rotatable bonds is 3. The summed E-state index contributed by atoms with van der Waals surface area (Å²) in [7, 11) is 0. The Labute approximate surface area is 86.8 Å². The molecule has 0 saturated heterocycles. The maximum atomic E-state index is 9.70. The van der Waals surface area contributed by atoms with Gasteiger partial charge in [0.05, 0.1) is 5.60 Å². The molecule has 0 aliphatic heterocycles. The molecule has 0 bridgehead atoms. The number of aliphatic hydroxyl groups is 1. The van der Waals surface area contributed by atoms with Crippen LogP contribution >= 0.6 is 0 Å². The van der Waals surface area contributed by atoms with Gasteiger partial charge in [0, 0.05) is 0 Å². The summed E-state index contributed by atoms with van der Waals surface area (Å²) >= 11 is 0. The van der Waals surface area contributed by atoms with Crippen molar-refractivity contribution in [3.63, 3.8) is 0 Å². The van der Waals surface area contributed by atoms with Crippen LogP contribution in [0.3, 0.4) is 0 Å². The Balaban J connectivity index is 2.70. The Hall–Kier alpha value is -0.820. The van der Waals surface area contributed by atoms with E-state index in [1.54, 1.807) is 0 Å². The van der Waals surface area contributed by atoms with Gasteiger partial charge in [-0.25, -0.2) is 0 Å². The minimum Gasteiger partial charge on any atom is -0.390 e. The first-order valence-corrected chi connectivity index (χ1v) is 5.17. The summed E-state index contributed by atoms with van der Waals surface area (Å²) < 4.78 is 0. The van der Waals surface area contributed by atoms with E-state index in [1.165, 1.54) is 11.1 Å². The first-order valence-electron chi connectivity index (χ1n) is 5.17. The molecule has 0 aliphatic rings. The van der Waals surface area contributed by atoms with E-state index in [9.17, 15) is 5.11 Å². The summed E-state index contributed by atoms with van der Waals surface area (Å²) in [6, 6.07) is 8.53. The van der Waals surface area contributed by atoms with E-state index >= 15 is 0 Å². The fourth-order valence-corrected chi connectivity index (χ4v) is 1.76. The summed E-state index contributed by atoms with van der Waals surface area (Å²) in [4.78, 5) is 0. The molecule has 0 spiro atoms. The summed E-state index contributed by atoms with van der Waals surface area (Å²) in [5.74, 6) is 0.413. The third-order valence-corrected chi connectivity index (χ3v) is 2.45. The van der Waals surface area contributed by atoms with Gasteiger partial charge >= 0.3 is 0 Å². The minimum atomic E-state index is -0.579. The maximum Gasteiger partial charge on any atom is 0.0597 e. The maximum absolute atomic E-state index is 9.70. The zero-order chi connectivity index (χ0) is 10.8. The highest BCUT2D eigenvalue weighted by Gasteiger charge is 2.17. The van der Waals surface area contributed by atoms with Gasteiger partial charge in [-0.15, -0.1) is 0 Å². The topological polar surface area (TPSA) is 20.2 Å². The molecule has 0 saturated carbocycles. The van der Waals surface area contributed by atoms with Crippen LogP contribution in [0.15, 0.2) is 24.3 Å². The molecule has 0 fully saturated rings. The van der Waals surface area contributed by atoms with Crippen molar-refractivity contribution in [3.8, 4) is 0 Å². The lowest BCUT2D eigenvalue weighted by Crippen LogP contribution is -2.21. The third kappa shape index (κ3) is 3.51. The second kappa shape index (κ2) is 4.14. The molecule has 0 aliphatic carbocycles. The molecule has 1 aromatic carbocycles. The molecular weight excluding hydrogens is 172 g/mol. The Morgan fingerprint density at radius 3 is 2.14 bits per heavy atom. The molecule has 14 heavy (non-hydrogen) atoms.